The molecule has 31 heavy (non-hydrogen) atoms. The molecule has 0 radical (unpaired) electrons. The molecule has 1 aromatic heterocycles. The summed E-state index contributed by atoms with van der Waals surface area (Å²) < 4.78 is 5.24. The number of nitrogens with one attached hydrogen (secondary N) is 3. The molecule has 1 unspecified atom stereocenters. The van der Waals surface area contributed by atoms with Crippen LogP contribution >= 0.6 is 0 Å². The Kier molecular flexibility index (Phi) is 6.90. The first kappa shape index (κ1) is 23.3. The second-order valence-corrected chi connectivity index (χ2v) is 7.15. The Morgan fingerprint density at radius 1 is 1.32 bits per heavy atom. The third kappa shape index (κ3) is 5.32. The summed E-state index contributed by atoms with van der Waals surface area (Å²) in [5.74, 6) is 3.60. The molecule has 0 bridgehead atoms. The highest BCUT2D eigenvalue weighted by Crippen LogP contribution is 2.31. The van der Waals surface area contributed by atoms with Crippen molar-refractivity contribution in [2.75, 3.05) is 6.54 Å². The van der Waals surface area contributed by atoms with Crippen molar-refractivity contribution < 1.29 is 28.8 Å². The number of ether oxygens (including phenoxy) is 1. The summed E-state index contributed by atoms with van der Waals surface area (Å²) in [5, 5.41) is 15.0. The highest BCUT2D eigenvalue weighted by Gasteiger charge is 2.60. The van der Waals surface area contributed by atoms with Crippen LogP contribution < -0.4 is 10.8 Å². The zero-order chi connectivity index (χ0) is 23.2. The van der Waals surface area contributed by atoms with Crippen molar-refractivity contribution in [1.82, 2.24) is 36.3 Å². The van der Waals surface area contributed by atoms with Crippen LogP contribution in [0.4, 0.5) is 9.59 Å². The number of carbonyl (C=O) groups excluding carboxylic acids is 4. The van der Waals surface area contributed by atoms with Crippen LogP contribution in [0.25, 0.3) is 0 Å². The van der Waals surface area contributed by atoms with Crippen molar-refractivity contribution >= 4 is 29.8 Å². The number of hydroxylamine groups is 1. The van der Waals surface area contributed by atoms with E-state index in [9.17, 15) is 19.2 Å². The van der Waals surface area contributed by atoms with Crippen molar-refractivity contribution in [2.45, 2.75) is 52.2 Å². The number of imide groups is 2. The van der Waals surface area contributed by atoms with Gasteiger partial charge in [0.1, 0.15) is 18.0 Å². The predicted octanol–water partition coefficient (Wildman–Crippen LogP) is -0.238. The second-order valence-electron chi connectivity index (χ2n) is 7.15. The van der Waals surface area contributed by atoms with Crippen molar-refractivity contribution in [3.63, 3.8) is 0 Å². The lowest BCUT2D eigenvalue weighted by Gasteiger charge is -2.28. The summed E-state index contributed by atoms with van der Waals surface area (Å²) in [4.78, 5) is 58.2. The Hall–Kier alpha value is -4.02. The summed E-state index contributed by atoms with van der Waals surface area (Å²) in [6.45, 7) is 7.77. The van der Waals surface area contributed by atoms with Gasteiger partial charge in [0, 0.05) is 6.42 Å². The zero-order valence-corrected chi connectivity index (χ0v) is 17.6. The van der Waals surface area contributed by atoms with Gasteiger partial charge >= 0.3 is 18.1 Å². The fourth-order valence-corrected chi connectivity index (χ4v) is 2.27. The van der Waals surface area contributed by atoms with E-state index in [0.717, 1.165) is 0 Å². The predicted molar refractivity (Wildman–Crippen MR) is 103 cm³/mol. The average molecular weight is 434 g/mol. The van der Waals surface area contributed by atoms with Gasteiger partial charge in [0.15, 0.2) is 0 Å². The molecular formula is C17H22N8O6. The van der Waals surface area contributed by atoms with E-state index in [1.807, 2.05) is 5.32 Å². The molecule has 14 heteroatoms. The van der Waals surface area contributed by atoms with Crippen molar-refractivity contribution in [2.24, 2.45) is 4.99 Å². The van der Waals surface area contributed by atoms with Crippen LogP contribution in [0.2, 0.25) is 0 Å². The molecule has 1 fully saturated rings. The van der Waals surface area contributed by atoms with E-state index in [4.69, 9.17) is 9.57 Å². The maximum Gasteiger partial charge on any atom is 0.420 e. The minimum atomic E-state index is -2.21. The van der Waals surface area contributed by atoms with Crippen LogP contribution in [-0.4, -0.2) is 67.5 Å². The maximum absolute atomic E-state index is 12.7. The monoisotopic (exact) mass is 434 g/mol. The lowest BCUT2D eigenvalue weighted by atomic mass is 9.98. The van der Waals surface area contributed by atoms with Gasteiger partial charge in [-0.05, 0) is 27.7 Å². The summed E-state index contributed by atoms with van der Waals surface area (Å²) in [6.07, 6.45) is -0.945. The standard InChI is InChI=1S/C17H22N8O6/c1-6-11(26)31-22-10(2)18-9-7-8-17(12-20-23-24-21-12)13(27)19-14(28)25(17)15(29)30-16(3,4)5/h6,9H2,1-5H3,(H,18,22)(H,19,27,28)(H,20,21,23,24). The van der Waals surface area contributed by atoms with Gasteiger partial charge in [-0.15, -0.1) is 10.2 Å². The normalized spacial score (nSPS) is 18.7. The van der Waals surface area contributed by atoms with Gasteiger partial charge in [0.05, 0.1) is 0 Å². The molecule has 1 aliphatic rings. The molecule has 0 saturated carbocycles. The molecule has 1 saturated heterocycles. The minimum Gasteiger partial charge on any atom is -0.443 e. The Bertz CT molecular complexity index is 956. The third-order valence-corrected chi connectivity index (χ3v) is 3.60. The third-order valence-electron chi connectivity index (χ3n) is 3.60. The Morgan fingerprint density at radius 3 is 2.61 bits per heavy atom. The number of aromatic nitrogens is 4. The summed E-state index contributed by atoms with van der Waals surface area (Å²) in [5.41, 5.74) is -0.824. The number of H-pyrrole nitrogens is 1. The van der Waals surface area contributed by atoms with E-state index in [0.29, 0.717) is 4.90 Å². The number of aromatic amines is 1. The maximum atomic E-state index is 12.7. The first-order chi connectivity index (χ1) is 14.5. The fraction of sp³-hybridized carbons (Fsp3) is 0.529. The molecule has 2 rings (SSSR count). The smallest absolute Gasteiger partial charge is 0.420 e. The van der Waals surface area contributed by atoms with Gasteiger partial charge in [0.25, 0.3) is 11.4 Å². The summed E-state index contributed by atoms with van der Waals surface area (Å²) in [7, 11) is 0. The molecule has 2 heterocycles. The van der Waals surface area contributed by atoms with Gasteiger partial charge in [-0.25, -0.2) is 19.9 Å². The zero-order valence-electron chi connectivity index (χ0n) is 17.6. The number of rotatable bonds is 3. The van der Waals surface area contributed by atoms with Gasteiger partial charge in [-0.2, -0.15) is 10.1 Å². The Balaban J connectivity index is 2.36. The van der Waals surface area contributed by atoms with Gasteiger partial charge in [-0.3, -0.25) is 15.1 Å². The van der Waals surface area contributed by atoms with Crippen LogP contribution in [0.1, 0.15) is 46.9 Å². The molecule has 0 aromatic carbocycles. The highest BCUT2D eigenvalue weighted by molar-refractivity contribution is 6.14. The van der Waals surface area contributed by atoms with Crippen LogP contribution in [0.5, 0.6) is 0 Å². The minimum absolute atomic E-state index is 0.175. The second kappa shape index (κ2) is 9.20. The van der Waals surface area contributed by atoms with Gasteiger partial charge < -0.3 is 9.57 Å². The first-order valence-electron chi connectivity index (χ1n) is 9.10. The lowest BCUT2D eigenvalue weighted by Crippen LogP contribution is -2.51. The molecule has 3 N–H and O–H groups in total. The number of tetrazole rings is 1. The van der Waals surface area contributed by atoms with Crippen molar-refractivity contribution in [3.8, 4) is 11.8 Å². The number of urea groups is 1. The van der Waals surface area contributed by atoms with Gasteiger partial charge in [-0.1, -0.05) is 24.0 Å². The van der Waals surface area contributed by atoms with E-state index in [1.54, 1.807) is 27.7 Å². The fourth-order valence-electron chi connectivity index (χ4n) is 2.27. The van der Waals surface area contributed by atoms with E-state index < -0.39 is 35.1 Å². The van der Waals surface area contributed by atoms with Crippen LogP contribution in [0.15, 0.2) is 4.99 Å². The van der Waals surface area contributed by atoms with Crippen molar-refractivity contribution in [3.05, 3.63) is 5.82 Å². The topological polar surface area (TPSA) is 181 Å². The van der Waals surface area contributed by atoms with Crippen LogP contribution in [0, 0.1) is 11.8 Å². The number of aliphatic imine (C=N–C) groups is 1. The molecular weight excluding hydrogens is 412 g/mol. The number of amides is 4. The highest BCUT2D eigenvalue weighted by atomic mass is 16.7. The van der Waals surface area contributed by atoms with E-state index >= 15 is 0 Å². The van der Waals surface area contributed by atoms with Gasteiger partial charge in [0.2, 0.25) is 5.82 Å². The molecule has 1 aromatic rings. The number of amidine groups is 1. The molecule has 1 aliphatic heterocycles. The molecule has 0 spiro atoms. The summed E-state index contributed by atoms with van der Waals surface area (Å²) >= 11 is 0. The number of hydrogen-bond donors (Lipinski definition) is 3. The molecule has 4 amide bonds. The average Bonchev–Trinajstić information content (AvgIpc) is 3.29. The number of nitrogens with zero attached hydrogens (tertiary/aromatic N) is 5. The van der Waals surface area contributed by atoms with Crippen LogP contribution in [0.3, 0.4) is 0 Å². The largest absolute Gasteiger partial charge is 0.443 e. The Labute approximate surface area is 177 Å². The van der Waals surface area contributed by atoms with Crippen molar-refractivity contribution in [1.29, 1.82) is 0 Å². The van der Waals surface area contributed by atoms with Crippen LogP contribution in [-0.2, 0) is 24.7 Å². The quantitative estimate of drug-likeness (QED) is 0.189. The lowest BCUT2D eigenvalue weighted by molar-refractivity contribution is -0.147. The molecule has 166 valence electrons. The van der Waals surface area contributed by atoms with E-state index in [2.05, 4.69) is 42.9 Å². The molecule has 14 nitrogen and oxygen atoms in total. The summed E-state index contributed by atoms with van der Waals surface area (Å²) in [6, 6.07) is -1.05. The molecule has 1 atom stereocenters. The molecule has 0 aliphatic carbocycles. The van der Waals surface area contributed by atoms with E-state index in [-0.39, 0.29) is 24.6 Å². The number of carbonyl (C=O) groups is 4. The first-order valence-corrected chi connectivity index (χ1v) is 9.10. The number of hydrogen-bond acceptors (Lipinski definition) is 10. The SMILES string of the molecule is CCC(=O)ONC(C)=NCC#CC1(c2nn[nH]n2)C(=O)NC(=O)N1C(=O)OC(C)(C)C. The van der Waals surface area contributed by atoms with E-state index in [1.165, 1.54) is 6.92 Å². The Morgan fingerprint density at radius 2 is 2.03 bits per heavy atom.